The van der Waals surface area contributed by atoms with Gasteiger partial charge in [0.15, 0.2) is 0 Å². The predicted molar refractivity (Wildman–Crippen MR) is 76.8 cm³/mol. The molecule has 2 aliphatic heterocycles. The number of nitrogens with zero attached hydrogens (tertiary/aromatic N) is 1. The van der Waals surface area contributed by atoms with Gasteiger partial charge in [-0.25, -0.2) is 0 Å². The van der Waals surface area contributed by atoms with E-state index >= 15 is 0 Å². The standard InChI is InChI=1S/C16H30N2/c1-2-18(16-5-3-4-6-16)10-9-13-11-14-7-8-15(12-13)17-14/h13-17H,2-12H2,1H3. The van der Waals surface area contributed by atoms with Crippen molar-refractivity contribution < 1.29 is 0 Å². The molecule has 0 spiro atoms. The summed E-state index contributed by atoms with van der Waals surface area (Å²) in [6.07, 6.45) is 13.1. The quantitative estimate of drug-likeness (QED) is 0.806. The zero-order valence-electron chi connectivity index (χ0n) is 12.0. The van der Waals surface area contributed by atoms with Crippen LogP contribution in [0.15, 0.2) is 0 Å². The monoisotopic (exact) mass is 250 g/mol. The van der Waals surface area contributed by atoms with E-state index in [0.717, 1.165) is 24.0 Å². The Balaban J connectivity index is 1.44. The number of rotatable bonds is 5. The van der Waals surface area contributed by atoms with E-state index in [9.17, 15) is 0 Å². The minimum absolute atomic E-state index is 0.871. The molecule has 2 heterocycles. The van der Waals surface area contributed by atoms with Crippen LogP contribution in [0.4, 0.5) is 0 Å². The summed E-state index contributed by atoms with van der Waals surface area (Å²) in [5.41, 5.74) is 0. The Morgan fingerprint density at radius 1 is 1.00 bits per heavy atom. The van der Waals surface area contributed by atoms with Gasteiger partial charge in [0, 0.05) is 18.1 Å². The highest BCUT2D eigenvalue weighted by molar-refractivity contribution is 4.92. The highest BCUT2D eigenvalue weighted by Crippen LogP contribution is 2.33. The molecule has 0 amide bonds. The van der Waals surface area contributed by atoms with Gasteiger partial charge in [0.2, 0.25) is 0 Å². The molecule has 104 valence electrons. The molecule has 0 aromatic carbocycles. The van der Waals surface area contributed by atoms with Crippen LogP contribution in [0.3, 0.4) is 0 Å². The lowest BCUT2D eigenvalue weighted by atomic mass is 9.89. The first-order chi connectivity index (χ1) is 8.85. The fourth-order valence-corrected chi connectivity index (χ4v) is 4.63. The van der Waals surface area contributed by atoms with Gasteiger partial charge in [0.25, 0.3) is 0 Å². The molecule has 3 aliphatic rings. The van der Waals surface area contributed by atoms with E-state index in [1.54, 1.807) is 0 Å². The van der Waals surface area contributed by atoms with Gasteiger partial charge in [-0.2, -0.15) is 0 Å². The van der Waals surface area contributed by atoms with E-state index in [1.165, 1.54) is 70.9 Å². The molecule has 0 aromatic heterocycles. The number of nitrogens with one attached hydrogen (secondary N) is 1. The summed E-state index contributed by atoms with van der Waals surface area (Å²) in [4.78, 5) is 2.77. The third kappa shape index (κ3) is 2.91. The summed E-state index contributed by atoms with van der Waals surface area (Å²) >= 11 is 0. The molecule has 3 rings (SSSR count). The van der Waals surface area contributed by atoms with E-state index in [0.29, 0.717) is 0 Å². The Labute approximate surface area is 113 Å². The molecule has 0 aromatic rings. The molecule has 1 aliphatic carbocycles. The molecule has 3 fully saturated rings. The Kier molecular flexibility index (Phi) is 4.25. The van der Waals surface area contributed by atoms with Gasteiger partial charge < -0.3 is 10.2 Å². The fraction of sp³-hybridized carbons (Fsp3) is 1.00. The molecule has 2 atom stereocenters. The van der Waals surface area contributed by atoms with E-state index in [4.69, 9.17) is 0 Å². The minimum atomic E-state index is 0.871. The lowest BCUT2D eigenvalue weighted by molar-refractivity contribution is 0.178. The number of piperidine rings is 1. The van der Waals surface area contributed by atoms with Crippen molar-refractivity contribution >= 4 is 0 Å². The lowest BCUT2D eigenvalue weighted by Crippen LogP contribution is -2.40. The van der Waals surface area contributed by atoms with E-state index in [2.05, 4.69) is 17.1 Å². The average Bonchev–Trinajstić information content (AvgIpc) is 3.01. The molecule has 0 radical (unpaired) electrons. The highest BCUT2D eigenvalue weighted by Gasteiger charge is 2.33. The van der Waals surface area contributed by atoms with Crippen LogP contribution in [0.2, 0.25) is 0 Å². The summed E-state index contributed by atoms with van der Waals surface area (Å²) in [6.45, 7) is 4.98. The number of hydrogen-bond donors (Lipinski definition) is 1. The van der Waals surface area contributed by atoms with Crippen LogP contribution in [0.25, 0.3) is 0 Å². The van der Waals surface area contributed by atoms with Gasteiger partial charge in [-0.3, -0.25) is 0 Å². The first-order valence-electron chi connectivity index (χ1n) is 8.35. The third-order valence-electron chi connectivity index (χ3n) is 5.64. The Morgan fingerprint density at radius 3 is 2.28 bits per heavy atom. The fourth-order valence-electron chi connectivity index (χ4n) is 4.63. The first kappa shape index (κ1) is 12.9. The van der Waals surface area contributed by atoms with Crippen LogP contribution in [-0.2, 0) is 0 Å². The van der Waals surface area contributed by atoms with Gasteiger partial charge in [-0.15, -0.1) is 0 Å². The van der Waals surface area contributed by atoms with E-state index in [1.807, 2.05) is 0 Å². The zero-order chi connectivity index (χ0) is 12.4. The van der Waals surface area contributed by atoms with E-state index < -0.39 is 0 Å². The Bertz CT molecular complexity index is 248. The van der Waals surface area contributed by atoms with Crippen LogP contribution in [0.1, 0.15) is 64.7 Å². The van der Waals surface area contributed by atoms with Gasteiger partial charge >= 0.3 is 0 Å². The average molecular weight is 250 g/mol. The molecule has 2 saturated heterocycles. The second-order valence-electron chi connectivity index (χ2n) is 6.83. The minimum Gasteiger partial charge on any atom is -0.311 e. The highest BCUT2D eigenvalue weighted by atomic mass is 15.1. The maximum Gasteiger partial charge on any atom is 0.00951 e. The summed E-state index contributed by atoms with van der Waals surface area (Å²) in [7, 11) is 0. The molecule has 1 saturated carbocycles. The molecular formula is C16H30N2. The first-order valence-corrected chi connectivity index (χ1v) is 8.35. The summed E-state index contributed by atoms with van der Waals surface area (Å²) in [5.74, 6) is 1.01. The van der Waals surface area contributed by atoms with Crippen LogP contribution < -0.4 is 5.32 Å². The van der Waals surface area contributed by atoms with Crippen molar-refractivity contribution in [1.29, 1.82) is 0 Å². The summed E-state index contributed by atoms with van der Waals surface area (Å²) in [5, 5.41) is 3.76. The van der Waals surface area contributed by atoms with Crippen molar-refractivity contribution in [1.82, 2.24) is 10.2 Å². The Morgan fingerprint density at radius 2 is 1.67 bits per heavy atom. The van der Waals surface area contributed by atoms with Crippen LogP contribution in [0.5, 0.6) is 0 Å². The molecule has 2 unspecified atom stereocenters. The molecule has 2 bridgehead atoms. The van der Waals surface area contributed by atoms with Crippen molar-refractivity contribution in [2.75, 3.05) is 13.1 Å². The molecular weight excluding hydrogens is 220 g/mol. The molecule has 2 nitrogen and oxygen atoms in total. The van der Waals surface area contributed by atoms with Crippen LogP contribution >= 0.6 is 0 Å². The van der Waals surface area contributed by atoms with Gasteiger partial charge in [0.05, 0.1) is 0 Å². The van der Waals surface area contributed by atoms with Crippen molar-refractivity contribution in [3.63, 3.8) is 0 Å². The van der Waals surface area contributed by atoms with Crippen LogP contribution in [0, 0.1) is 5.92 Å². The van der Waals surface area contributed by atoms with Gasteiger partial charge in [-0.05, 0) is 64.0 Å². The van der Waals surface area contributed by atoms with Gasteiger partial charge in [0.1, 0.15) is 0 Å². The van der Waals surface area contributed by atoms with Crippen molar-refractivity contribution in [2.24, 2.45) is 5.92 Å². The Hall–Kier alpha value is -0.0800. The third-order valence-corrected chi connectivity index (χ3v) is 5.64. The van der Waals surface area contributed by atoms with E-state index in [-0.39, 0.29) is 0 Å². The smallest absolute Gasteiger partial charge is 0.00951 e. The van der Waals surface area contributed by atoms with Crippen molar-refractivity contribution in [3.8, 4) is 0 Å². The molecule has 18 heavy (non-hydrogen) atoms. The lowest BCUT2D eigenvalue weighted by Gasteiger charge is -2.33. The summed E-state index contributed by atoms with van der Waals surface area (Å²) < 4.78 is 0. The second kappa shape index (κ2) is 5.92. The van der Waals surface area contributed by atoms with Crippen molar-refractivity contribution in [3.05, 3.63) is 0 Å². The molecule has 1 N–H and O–H groups in total. The van der Waals surface area contributed by atoms with Crippen molar-refractivity contribution in [2.45, 2.75) is 82.8 Å². The molecule has 2 heteroatoms. The van der Waals surface area contributed by atoms with Crippen LogP contribution in [-0.4, -0.2) is 36.1 Å². The SMILES string of the molecule is CCN(CCC1CC2CCC(C1)N2)C1CCCC1. The topological polar surface area (TPSA) is 15.3 Å². The van der Waals surface area contributed by atoms with Gasteiger partial charge in [-0.1, -0.05) is 19.8 Å². The largest absolute Gasteiger partial charge is 0.311 e. The number of fused-ring (bicyclic) bond motifs is 2. The maximum atomic E-state index is 3.76. The predicted octanol–water partition coefficient (Wildman–Crippen LogP) is 3.17. The second-order valence-corrected chi connectivity index (χ2v) is 6.83. The summed E-state index contributed by atoms with van der Waals surface area (Å²) in [6, 6.07) is 2.67. The number of hydrogen-bond acceptors (Lipinski definition) is 2. The normalized spacial score (nSPS) is 36.7. The maximum absolute atomic E-state index is 3.76. The zero-order valence-corrected chi connectivity index (χ0v) is 12.0.